The monoisotopic (exact) mass is 250 g/mol. The number of hydrogen-bond donors (Lipinski definition) is 0. The minimum atomic E-state index is -2.08. The summed E-state index contributed by atoms with van der Waals surface area (Å²) in [6, 6.07) is 2.89. The maximum atomic E-state index is 13.8. The zero-order valence-electron chi connectivity index (χ0n) is 9.53. The minimum Gasteiger partial charge on any atom is -0.539 e. The molecule has 0 aliphatic carbocycles. The van der Waals surface area contributed by atoms with E-state index in [2.05, 4.69) is 4.98 Å². The molecular formula is C11H11FN2O2Si. The van der Waals surface area contributed by atoms with Crippen LogP contribution in [0, 0.1) is 5.82 Å². The SMILES string of the molecule is C[Si]1(C)Cn2c(=O)cnc3ccc(F)c(c32)O1. The van der Waals surface area contributed by atoms with Crippen molar-refractivity contribution in [1.82, 2.24) is 9.55 Å². The highest BCUT2D eigenvalue weighted by Crippen LogP contribution is 2.33. The molecule has 0 bridgehead atoms. The number of nitrogens with zero attached hydrogens (tertiary/aromatic N) is 2. The van der Waals surface area contributed by atoms with Gasteiger partial charge in [-0.2, -0.15) is 0 Å². The van der Waals surface area contributed by atoms with Crippen LogP contribution in [0.3, 0.4) is 0 Å². The maximum absolute atomic E-state index is 13.8. The van der Waals surface area contributed by atoms with E-state index in [4.69, 9.17) is 4.43 Å². The molecule has 0 fully saturated rings. The van der Waals surface area contributed by atoms with E-state index in [1.54, 1.807) is 10.6 Å². The van der Waals surface area contributed by atoms with Gasteiger partial charge in [-0.25, -0.2) is 9.37 Å². The molecule has 0 N–H and O–H groups in total. The van der Waals surface area contributed by atoms with Crippen molar-refractivity contribution in [3.8, 4) is 5.75 Å². The second-order valence-electron chi connectivity index (χ2n) is 4.79. The maximum Gasteiger partial charge on any atom is 0.269 e. The minimum absolute atomic E-state index is 0.176. The Balaban J connectivity index is 2.49. The van der Waals surface area contributed by atoms with Crippen LogP contribution >= 0.6 is 0 Å². The molecule has 0 saturated heterocycles. The highest BCUT2D eigenvalue weighted by atomic mass is 28.4. The molecule has 88 valence electrons. The normalized spacial score (nSPS) is 16.9. The lowest BCUT2D eigenvalue weighted by molar-refractivity contribution is 0.468. The lowest BCUT2D eigenvalue weighted by Gasteiger charge is -2.31. The first-order chi connectivity index (χ1) is 7.98. The van der Waals surface area contributed by atoms with E-state index in [-0.39, 0.29) is 11.3 Å². The molecular weight excluding hydrogens is 239 g/mol. The highest BCUT2D eigenvalue weighted by molar-refractivity contribution is 6.71. The van der Waals surface area contributed by atoms with E-state index < -0.39 is 14.1 Å². The van der Waals surface area contributed by atoms with Crippen LogP contribution in [-0.2, 0) is 6.17 Å². The standard InChI is InChI=1S/C11H11FN2O2Si/c1-17(2)6-14-9(15)5-13-8-4-3-7(12)11(16-17)10(8)14/h3-5H,6H2,1-2H3. The van der Waals surface area contributed by atoms with Crippen LogP contribution in [0.4, 0.5) is 4.39 Å². The van der Waals surface area contributed by atoms with Gasteiger partial charge in [-0.1, -0.05) is 0 Å². The van der Waals surface area contributed by atoms with Gasteiger partial charge in [-0.05, 0) is 25.2 Å². The van der Waals surface area contributed by atoms with Crippen molar-refractivity contribution in [3.05, 3.63) is 34.5 Å². The van der Waals surface area contributed by atoms with Gasteiger partial charge in [0.2, 0.25) is 0 Å². The van der Waals surface area contributed by atoms with E-state index in [1.807, 2.05) is 13.1 Å². The van der Waals surface area contributed by atoms with Crippen LogP contribution in [-0.4, -0.2) is 17.9 Å². The Hall–Kier alpha value is -1.69. The molecule has 17 heavy (non-hydrogen) atoms. The lowest BCUT2D eigenvalue weighted by Crippen LogP contribution is -2.46. The highest BCUT2D eigenvalue weighted by Gasteiger charge is 2.33. The Kier molecular flexibility index (Phi) is 1.95. The molecule has 1 aromatic heterocycles. The van der Waals surface area contributed by atoms with Gasteiger partial charge < -0.3 is 8.99 Å². The van der Waals surface area contributed by atoms with Gasteiger partial charge >= 0.3 is 0 Å². The summed E-state index contributed by atoms with van der Waals surface area (Å²) in [5, 5.41) is 0. The van der Waals surface area contributed by atoms with Gasteiger partial charge in [0.15, 0.2) is 11.6 Å². The van der Waals surface area contributed by atoms with Crippen molar-refractivity contribution >= 4 is 19.4 Å². The molecule has 0 saturated carbocycles. The molecule has 0 amide bonds. The zero-order chi connectivity index (χ0) is 12.2. The second kappa shape index (κ2) is 3.16. The van der Waals surface area contributed by atoms with Gasteiger partial charge in [0.05, 0.1) is 17.9 Å². The molecule has 6 heteroatoms. The smallest absolute Gasteiger partial charge is 0.269 e. The van der Waals surface area contributed by atoms with Crippen molar-refractivity contribution in [3.63, 3.8) is 0 Å². The Bertz CT molecular complexity index is 681. The van der Waals surface area contributed by atoms with Gasteiger partial charge in [0, 0.05) is 0 Å². The third-order valence-electron chi connectivity index (χ3n) is 2.83. The molecule has 1 aliphatic heterocycles. The fourth-order valence-corrected chi connectivity index (χ4v) is 4.04. The average molecular weight is 250 g/mol. The Morgan fingerprint density at radius 3 is 3.00 bits per heavy atom. The van der Waals surface area contributed by atoms with Crippen molar-refractivity contribution in [2.45, 2.75) is 19.3 Å². The van der Waals surface area contributed by atoms with Gasteiger partial charge in [-0.15, -0.1) is 0 Å². The number of hydrogen-bond acceptors (Lipinski definition) is 3. The fraction of sp³-hybridized carbons (Fsp3) is 0.273. The predicted octanol–water partition coefficient (Wildman–Crippen LogP) is 1.67. The summed E-state index contributed by atoms with van der Waals surface area (Å²) in [4.78, 5) is 15.8. The number of benzene rings is 1. The van der Waals surface area contributed by atoms with E-state index in [1.165, 1.54) is 12.3 Å². The molecule has 0 unspecified atom stereocenters. The third kappa shape index (κ3) is 1.48. The Morgan fingerprint density at radius 1 is 1.47 bits per heavy atom. The molecule has 4 nitrogen and oxygen atoms in total. The topological polar surface area (TPSA) is 44.1 Å². The first-order valence-corrected chi connectivity index (χ1v) is 8.46. The van der Waals surface area contributed by atoms with Gasteiger partial charge in [0.25, 0.3) is 13.9 Å². The van der Waals surface area contributed by atoms with Crippen molar-refractivity contribution in [2.24, 2.45) is 0 Å². The van der Waals surface area contributed by atoms with Gasteiger partial charge in [0.1, 0.15) is 5.52 Å². The molecule has 0 atom stereocenters. The van der Waals surface area contributed by atoms with Crippen molar-refractivity contribution in [2.75, 3.05) is 0 Å². The first kappa shape index (κ1) is 10.5. The largest absolute Gasteiger partial charge is 0.539 e. The van der Waals surface area contributed by atoms with Crippen LogP contribution in [0.25, 0.3) is 11.0 Å². The van der Waals surface area contributed by atoms with E-state index in [0.717, 1.165) is 0 Å². The molecule has 2 heterocycles. The van der Waals surface area contributed by atoms with Crippen LogP contribution in [0.2, 0.25) is 13.1 Å². The predicted molar refractivity (Wildman–Crippen MR) is 64.1 cm³/mol. The van der Waals surface area contributed by atoms with Crippen LogP contribution in [0.5, 0.6) is 5.75 Å². The van der Waals surface area contributed by atoms with E-state index in [9.17, 15) is 9.18 Å². The van der Waals surface area contributed by atoms with Crippen LogP contribution in [0.1, 0.15) is 0 Å². The van der Waals surface area contributed by atoms with E-state index >= 15 is 0 Å². The quantitative estimate of drug-likeness (QED) is 0.668. The Morgan fingerprint density at radius 2 is 2.24 bits per heavy atom. The number of rotatable bonds is 0. The third-order valence-corrected chi connectivity index (χ3v) is 4.66. The van der Waals surface area contributed by atoms with Gasteiger partial charge in [-0.3, -0.25) is 4.79 Å². The molecule has 1 aliphatic rings. The molecule has 0 radical (unpaired) electrons. The summed E-state index contributed by atoms with van der Waals surface area (Å²) in [6.45, 7) is 3.92. The van der Waals surface area contributed by atoms with E-state index in [0.29, 0.717) is 17.2 Å². The molecule has 3 rings (SSSR count). The summed E-state index contributed by atoms with van der Waals surface area (Å²) in [5.74, 6) is -0.255. The average Bonchev–Trinajstić information content (AvgIpc) is 2.26. The number of halogens is 1. The lowest BCUT2D eigenvalue weighted by atomic mass is 10.2. The molecule has 1 aromatic carbocycles. The van der Waals surface area contributed by atoms with Crippen molar-refractivity contribution < 1.29 is 8.82 Å². The number of aromatic nitrogens is 2. The van der Waals surface area contributed by atoms with Crippen molar-refractivity contribution in [1.29, 1.82) is 0 Å². The summed E-state index contributed by atoms with van der Waals surface area (Å²) < 4.78 is 21.1. The summed E-state index contributed by atoms with van der Waals surface area (Å²) in [5.41, 5.74) is 0.864. The second-order valence-corrected chi connectivity index (χ2v) is 8.83. The van der Waals surface area contributed by atoms with Crippen LogP contribution < -0.4 is 9.99 Å². The fourth-order valence-electron chi connectivity index (χ4n) is 2.15. The Labute approximate surface area is 97.8 Å². The van der Waals surface area contributed by atoms with Crippen LogP contribution in [0.15, 0.2) is 23.1 Å². The zero-order valence-corrected chi connectivity index (χ0v) is 10.5. The molecule has 0 spiro atoms. The summed E-state index contributed by atoms with van der Waals surface area (Å²) >= 11 is 0. The first-order valence-electron chi connectivity index (χ1n) is 5.35. The summed E-state index contributed by atoms with van der Waals surface area (Å²) in [6.07, 6.45) is 1.81. The summed E-state index contributed by atoms with van der Waals surface area (Å²) in [7, 11) is -2.08. The molecule has 2 aromatic rings.